The Morgan fingerprint density at radius 1 is 1.70 bits per heavy atom. The van der Waals surface area contributed by atoms with Gasteiger partial charge in [-0.2, -0.15) is 0 Å². The second-order valence-electron chi connectivity index (χ2n) is 1.57. The molecule has 0 heterocycles. The molecule has 0 rings (SSSR count). The van der Waals surface area contributed by atoms with Gasteiger partial charge in [0.25, 0.3) is 5.91 Å². The van der Waals surface area contributed by atoms with E-state index in [-0.39, 0.29) is 5.71 Å². The number of primary amides is 1. The number of rotatable bonds is 3. The van der Waals surface area contributed by atoms with Crippen LogP contribution in [0.3, 0.4) is 0 Å². The molecular formula is C7H10N2O. The van der Waals surface area contributed by atoms with E-state index in [2.05, 4.69) is 11.6 Å². The molecule has 0 aliphatic rings. The molecule has 0 spiro atoms. The van der Waals surface area contributed by atoms with E-state index in [1.165, 1.54) is 12.3 Å². The Morgan fingerprint density at radius 2 is 2.30 bits per heavy atom. The van der Waals surface area contributed by atoms with Crippen LogP contribution in [0.5, 0.6) is 0 Å². The predicted molar refractivity (Wildman–Crippen MR) is 41.6 cm³/mol. The summed E-state index contributed by atoms with van der Waals surface area (Å²) in [4.78, 5) is 14.1. The molecule has 54 valence electrons. The van der Waals surface area contributed by atoms with E-state index < -0.39 is 5.91 Å². The zero-order valence-corrected chi connectivity index (χ0v) is 5.87. The zero-order valence-electron chi connectivity index (χ0n) is 5.87. The number of amides is 1. The van der Waals surface area contributed by atoms with Gasteiger partial charge in [-0.25, -0.2) is 0 Å². The van der Waals surface area contributed by atoms with Crippen LogP contribution < -0.4 is 5.73 Å². The number of aliphatic imine (C=N–C) groups is 1. The summed E-state index contributed by atoms with van der Waals surface area (Å²) < 4.78 is 0. The molecule has 0 bridgehead atoms. The second-order valence-corrected chi connectivity index (χ2v) is 1.57. The molecule has 0 aliphatic carbocycles. The number of carbonyl (C=O) groups is 1. The van der Waals surface area contributed by atoms with Gasteiger partial charge in [-0.1, -0.05) is 12.7 Å². The van der Waals surface area contributed by atoms with E-state index in [1.54, 1.807) is 13.0 Å². The van der Waals surface area contributed by atoms with Gasteiger partial charge in [-0.15, -0.1) is 0 Å². The topological polar surface area (TPSA) is 55.4 Å². The van der Waals surface area contributed by atoms with Crippen molar-refractivity contribution in [1.82, 2.24) is 0 Å². The predicted octanol–water partition coefficient (Wildman–Crippen LogP) is 0.632. The number of carbonyl (C=O) groups excluding carboxylic acids is 1. The average molecular weight is 138 g/mol. The van der Waals surface area contributed by atoms with Crippen molar-refractivity contribution >= 4 is 11.6 Å². The van der Waals surface area contributed by atoms with E-state index in [0.29, 0.717) is 0 Å². The number of hydrogen-bond donors (Lipinski definition) is 1. The highest BCUT2D eigenvalue weighted by molar-refractivity contribution is 6.42. The van der Waals surface area contributed by atoms with E-state index in [0.717, 1.165) is 0 Å². The smallest absolute Gasteiger partial charge is 0.267 e. The van der Waals surface area contributed by atoms with Crippen molar-refractivity contribution in [1.29, 1.82) is 0 Å². The first kappa shape index (κ1) is 8.62. The largest absolute Gasteiger partial charge is 0.364 e. The van der Waals surface area contributed by atoms with Crippen molar-refractivity contribution < 1.29 is 4.79 Å². The molecule has 0 atom stereocenters. The lowest BCUT2D eigenvalue weighted by molar-refractivity contribution is -0.111. The van der Waals surface area contributed by atoms with Gasteiger partial charge < -0.3 is 5.73 Å². The second kappa shape index (κ2) is 4.49. The monoisotopic (exact) mass is 138 g/mol. The van der Waals surface area contributed by atoms with Gasteiger partial charge in [0.1, 0.15) is 5.71 Å². The first-order chi connectivity index (χ1) is 4.72. The van der Waals surface area contributed by atoms with Gasteiger partial charge in [0.15, 0.2) is 0 Å². The Kier molecular flexibility index (Phi) is 3.87. The normalized spacial score (nSPS) is 11.9. The average Bonchev–Trinajstić information content (AvgIpc) is 1.89. The third kappa shape index (κ3) is 2.81. The van der Waals surface area contributed by atoms with Gasteiger partial charge in [0.05, 0.1) is 0 Å². The zero-order chi connectivity index (χ0) is 7.98. The molecule has 0 aromatic rings. The lowest BCUT2D eigenvalue weighted by Crippen LogP contribution is -2.20. The summed E-state index contributed by atoms with van der Waals surface area (Å²) >= 11 is 0. The van der Waals surface area contributed by atoms with E-state index >= 15 is 0 Å². The van der Waals surface area contributed by atoms with Crippen LogP contribution >= 0.6 is 0 Å². The molecule has 0 unspecified atom stereocenters. The molecule has 0 radical (unpaired) electrons. The lowest BCUT2D eigenvalue weighted by atomic mass is 10.3. The summed E-state index contributed by atoms with van der Waals surface area (Å²) in [5.74, 6) is -0.562. The summed E-state index contributed by atoms with van der Waals surface area (Å²) in [6.45, 7) is 5.17. The van der Waals surface area contributed by atoms with Crippen LogP contribution in [0.2, 0.25) is 0 Å². The molecule has 3 nitrogen and oxygen atoms in total. The van der Waals surface area contributed by atoms with Crippen molar-refractivity contribution in [2.24, 2.45) is 10.7 Å². The molecule has 0 aliphatic heterocycles. The third-order valence-electron chi connectivity index (χ3n) is 0.808. The maximum Gasteiger partial charge on any atom is 0.267 e. The Labute approximate surface area is 59.9 Å². The van der Waals surface area contributed by atoms with Crippen LogP contribution in [0.4, 0.5) is 0 Å². The van der Waals surface area contributed by atoms with E-state index in [1.807, 2.05) is 0 Å². The van der Waals surface area contributed by atoms with Crippen molar-refractivity contribution in [2.45, 2.75) is 6.92 Å². The van der Waals surface area contributed by atoms with Crippen molar-refractivity contribution in [2.75, 3.05) is 0 Å². The van der Waals surface area contributed by atoms with Crippen molar-refractivity contribution in [3.63, 3.8) is 0 Å². The standard InChI is InChI=1S/C7H10N2O/c1-3-5-9-6(4-2)7(8)10/h3-5H,2H2,1H3,(H2,8,10)/b5-3-,9-6?. The highest BCUT2D eigenvalue weighted by atomic mass is 16.1. The molecule has 0 fully saturated rings. The maximum absolute atomic E-state index is 10.4. The van der Waals surface area contributed by atoms with Gasteiger partial charge in [0.2, 0.25) is 0 Å². The minimum Gasteiger partial charge on any atom is -0.364 e. The Hall–Kier alpha value is -1.38. The Bertz CT molecular complexity index is 192. The highest BCUT2D eigenvalue weighted by Crippen LogP contribution is 1.81. The summed E-state index contributed by atoms with van der Waals surface area (Å²) in [5, 5.41) is 0. The Balaban J connectivity index is 4.33. The first-order valence-electron chi connectivity index (χ1n) is 2.83. The quantitative estimate of drug-likeness (QED) is 0.571. The molecule has 10 heavy (non-hydrogen) atoms. The van der Waals surface area contributed by atoms with Crippen molar-refractivity contribution in [3.8, 4) is 0 Å². The summed E-state index contributed by atoms with van der Waals surface area (Å²) in [5.41, 5.74) is 5.09. The van der Waals surface area contributed by atoms with Gasteiger partial charge in [-0.3, -0.25) is 9.79 Å². The molecule has 0 aromatic heterocycles. The molecule has 0 saturated carbocycles. The SMILES string of the molecule is C=CC(=N/C=C\C)C(N)=O. The highest BCUT2D eigenvalue weighted by Gasteiger charge is 1.97. The van der Waals surface area contributed by atoms with Crippen molar-refractivity contribution in [3.05, 3.63) is 24.9 Å². The fourth-order valence-electron chi connectivity index (χ4n) is 0.372. The van der Waals surface area contributed by atoms with E-state index in [9.17, 15) is 4.79 Å². The number of allylic oxidation sites excluding steroid dienone is 1. The minimum absolute atomic E-state index is 0.179. The van der Waals surface area contributed by atoms with Crippen LogP contribution in [-0.2, 0) is 4.79 Å². The minimum atomic E-state index is -0.562. The molecule has 0 aromatic carbocycles. The summed E-state index contributed by atoms with van der Waals surface area (Å²) in [6.07, 6.45) is 4.51. The van der Waals surface area contributed by atoms with Gasteiger partial charge in [0, 0.05) is 6.20 Å². The van der Waals surface area contributed by atoms with Crippen LogP contribution in [0.15, 0.2) is 29.9 Å². The molecule has 1 amide bonds. The van der Waals surface area contributed by atoms with Crippen LogP contribution in [0.25, 0.3) is 0 Å². The van der Waals surface area contributed by atoms with Gasteiger partial charge >= 0.3 is 0 Å². The van der Waals surface area contributed by atoms with Gasteiger partial charge in [-0.05, 0) is 13.0 Å². The number of nitrogens with two attached hydrogens (primary N) is 1. The summed E-state index contributed by atoms with van der Waals surface area (Å²) in [6, 6.07) is 0. The fraction of sp³-hybridized carbons (Fsp3) is 0.143. The van der Waals surface area contributed by atoms with E-state index in [4.69, 9.17) is 5.73 Å². The fourth-order valence-corrected chi connectivity index (χ4v) is 0.372. The third-order valence-corrected chi connectivity index (χ3v) is 0.808. The number of nitrogens with zero attached hydrogens (tertiary/aromatic N) is 1. The lowest BCUT2D eigenvalue weighted by Gasteiger charge is -1.88. The van der Waals surface area contributed by atoms with Crippen LogP contribution in [0, 0.1) is 0 Å². The maximum atomic E-state index is 10.4. The first-order valence-corrected chi connectivity index (χ1v) is 2.83. The van der Waals surface area contributed by atoms with Crippen LogP contribution in [0.1, 0.15) is 6.92 Å². The summed E-state index contributed by atoms with van der Waals surface area (Å²) in [7, 11) is 0. The molecular weight excluding hydrogens is 128 g/mol. The molecule has 0 saturated heterocycles. The number of hydrogen-bond acceptors (Lipinski definition) is 2. The van der Waals surface area contributed by atoms with Crippen LogP contribution in [-0.4, -0.2) is 11.6 Å². The Morgan fingerprint density at radius 3 is 2.60 bits per heavy atom. The molecule has 3 heteroatoms. The molecule has 2 N–H and O–H groups in total.